The molecule has 20 heavy (non-hydrogen) atoms. The highest BCUT2D eigenvalue weighted by Gasteiger charge is 2.19. The molecule has 0 aliphatic carbocycles. The average Bonchev–Trinajstić information content (AvgIpc) is 2.63. The lowest BCUT2D eigenvalue weighted by Gasteiger charge is -2.21. The van der Waals surface area contributed by atoms with Gasteiger partial charge in [0.1, 0.15) is 5.69 Å². The molecular formula is C14H22N4O2. The summed E-state index contributed by atoms with van der Waals surface area (Å²) in [4.78, 5) is 13.0. The van der Waals surface area contributed by atoms with Crippen molar-refractivity contribution in [2.45, 2.75) is 32.7 Å². The Hall–Kier alpha value is -1.66. The van der Waals surface area contributed by atoms with Crippen LogP contribution in [0.2, 0.25) is 0 Å². The number of rotatable bonds is 4. The molecule has 1 unspecified atom stereocenters. The minimum atomic E-state index is -0.400. The number of nitrogen functional groups attached to an aromatic ring is 1. The van der Waals surface area contributed by atoms with E-state index in [9.17, 15) is 10.1 Å². The molecule has 0 saturated carbocycles. The molecule has 1 atom stereocenters. The molecule has 1 aromatic rings. The number of hydrogen-bond acceptors (Lipinski definition) is 5. The van der Waals surface area contributed by atoms with Gasteiger partial charge in [-0.15, -0.1) is 0 Å². The Labute approximate surface area is 119 Å². The van der Waals surface area contributed by atoms with Crippen LogP contribution in [0.25, 0.3) is 0 Å². The van der Waals surface area contributed by atoms with Crippen molar-refractivity contribution < 1.29 is 4.92 Å². The number of anilines is 1. The molecule has 3 N–H and O–H groups in total. The highest BCUT2D eigenvalue weighted by Crippen LogP contribution is 2.29. The van der Waals surface area contributed by atoms with E-state index in [0.717, 1.165) is 24.6 Å². The molecule has 6 nitrogen and oxygen atoms in total. The zero-order chi connectivity index (χ0) is 14.5. The molecule has 1 heterocycles. The molecule has 0 bridgehead atoms. The fraction of sp³-hybridized carbons (Fsp3) is 0.571. The number of nitro groups is 1. The fourth-order valence-corrected chi connectivity index (χ4v) is 2.76. The molecule has 0 spiro atoms. The molecular weight excluding hydrogens is 256 g/mol. The summed E-state index contributed by atoms with van der Waals surface area (Å²) in [6.07, 6.45) is 3.62. The van der Waals surface area contributed by atoms with Gasteiger partial charge in [0, 0.05) is 12.6 Å². The molecule has 1 aliphatic rings. The van der Waals surface area contributed by atoms with E-state index in [1.165, 1.54) is 25.3 Å². The number of para-hydroxylation sites is 1. The van der Waals surface area contributed by atoms with E-state index in [1.54, 1.807) is 6.07 Å². The summed E-state index contributed by atoms with van der Waals surface area (Å²) in [5.74, 6) is 6.24. The van der Waals surface area contributed by atoms with E-state index in [0.29, 0.717) is 12.2 Å². The smallest absolute Gasteiger partial charge is 0.293 e. The van der Waals surface area contributed by atoms with Crippen molar-refractivity contribution in [3.63, 3.8) is 0 Å². The van der Waals surface area contributed by atoms with Crippen molar-refractivity contribution in [3.8, 4) is 0 Å². The number of hydrogen-bond donors (Lipinski definition) is 2. The van der Waals surface area contributed by atoms with Crippen LogP contribution in [0, 0.1) is 16.0 Å². The van der Waals surface area contributed by atoms with Crippen LogP contribution in [0.15, 0.2) is 18.2 Å². The second-order valence-corrected chi connectivity index (χ2v) is 5.52. The van der Waals surface area contributed by atoms with Crippen LogP contribution in [0.3, 0.4) is 0 Å². The second-order valence-electron chi connectivity index (χ2n) is 5.52. The largest absolute Gasteiger partial charge is 0.318 e. The van der Waals surface area contributed by atoms with E-state index in [1.807, 2.05) is 6.07 Å². The summed E-state index contributed by atoms with van der Waals surface area (Å²) in [5.41, 5.74) is 3.84. The molecule has 1 fully saturated rings. The number of nitro benzene ring substituents is 1. The number of hydrazine groups is 1. The van der Waals surface area contributed by atoms with Gasteiger partial charge in [-0.3, -0.25) is 20.9 Å². The Morgan fingerprint density at radius 2 is 2.25 bits per heavy atom. The Morgan fingerprint density at radius 3 is 2.95 bits per heavy atom. The van der Waals surface area contributed by atoms with Crippen LogP contribution in [0.5, 0.6) is 0 Å². The van der Waals surface area contributed by atoms with E-state index < -0.39 is 4.92 Å². The summed E-state index contributed by atoms with van der Waals surface area (Å²) in [7, 11) is 0. The SMILES string of the molecule is CC1CCCN(Cc2cccc([N+](=O)[O-])c2NN)CC1. The predicted octanol–water partition coefficient (Wildman–Crippen LogP) is 2.50. The van der Waals surface area contributed by atoms with Crippen molar-refractivity contribution in [3.05, 3.63) is 33.9 Å². The molecule has 1 aliphatic heterocycles. The van der Waals surface area contributed by atoms with Crippen LogP contribution in [-0.2, 0) is 6.54 Å². The molecule has 1 aromatic carbocycles. The monoisotopic (exact) mass is 278 g/mol. The standard InChI is InChI=1S/C14H22N4O2/c1-11-4-3-8-17(9-7-11)10-12-5-2-6-13(18(19)20)14(12)16-15/h2,5-6,11,16H,3-4,7-10,15H2,1H3. The Bertz CT molecular complexity index is 478. The molecule has 110 valence electrons. The number of nitrogens with two attached hydrogens (primary N) is 1. The molecule has 1 saturated heterocycles. The van der Waals surface area contributed by atoms with E-state index >= 15 is 0 Å². The second kappa shape index (κ2) is 6.67. The first-order valence-corrected chi connectivity index (χ1v) is 7.07. The normalized spacial score (nSPS) is 20.4. The van der Waals surface area contributed by atoms with Gasteiger partial charge in [-0.1, -0.05) is 19.1 Å². The molecule has 0 amide bonds. The van der Waals surface area contributed by atoms with Crippen LogP contribution < -0.4 is 11.3 Å². The lowest BCUT2D eigenvalue weighted by Crippen LogP contribution is -2.25. The zero-order valence-electron chi connectivity index (χ0n) is 11.8. The van der Waals surface area contributed by atoms with Gasteiger partial charge in [-0.25, -0.2) is 0 Å². The van der Waals surface area contributed by atoms with Crippen molar-refractivity contribution in [1.29, 1.82) is 0 Å². The Kier molecular flexibility index (Phi) is 4.92. The zero-order valence-corrected chi connectivity index (χ0v) is 11.8. The maximum Gasteiger partial charge on any atom is 0.293 e. The molecule has 0 aromatic heterocycles. The number of nitrogens with zero attached hydrogens (tertiary/aromatic N) is 2. The van der Waals surface area contributed by atoms with Crippen molar-refractivity contribution in [2.75, 3.05) is 18.5 Å². The van der Waals surface area contributed by atoms with Crippen LogP contribution >= 0.6 is 0 Å². The number of likely N-dealkylation sites (tertiary alicyclic amines) is 1. The first-order chi connectivity index (χ1) is 9.61. The molecule has 6 heteroatoms. The summed E-state index contributed by atoms with van der Waals surface area (Å²) in [5, 5.41) is 11.0. The highest BCUT2D eigenvalue weighted by molar-refractivity contribution is 5.65. The van der Waals surface area contributed by atoms with Gasteiger partial charge >= 0.3 is 0 Å². The van der Waals surface area contributed by atoms with Gasteiger partial charge in [-0.05, 0) is 43.8 Å². The third-order valence-corrected chi connectivity index (χ3v) is 3.97. The first-order valence-electron chi connectivity index (χ1n) is 7.07. The Balaban J connectivity index is 2.16. The van der Waals surface area contributed by atoms with E-state index in [-0.39, 0.29) is 5.69 Å². The third kappa shape index (κ3) is 3.46. The summed E-state index contributed by atoms with van der Waals surface area (Å²) in [6, 6.07) is 5.09. The summed E-state index contributed by atoms with van der Waals surface area (Å²) < 4.78 is 0. The maximum atomic E-state index is 11.0. The van der Waals surface area contributed by atoms with Gasteiger partial charge in [0.25, 0.3) is 5.69 Å². The summed E-state index contributed by atoms with van der Waals surface area (Å²) >= 11 is 0. The van der Waals surface area contributed by atoms with Crippen molar-refractivity contribution in [1.82, 2.24) is 4.90 Å². The van der Waals surface area contributed by atoms with Gasteiger partial charge < -0.3 is 5.43 Å². The van der Waals surface area contributed by atoms with E-state index in [2.05, 4.69) is 17.2 Å². The topological polar surface area (TPSA) is 84.4 Å². The lowest BCUT2D eigenvalue weighted by molar-refractivity contribution is -0.384. The minimum Gasteiger partial charge on any atom is -0.318 e. The van der Waals surface area contributed by atoms with Gasteiger partial charge in [0.15, 0.2) is 0 Å². The average molecular weight is 278 g/mol. The van der Waals surface area contributed by atoms with Crippen LogP contribution in [0.1, 0.15) is 31.7 Å². The van der Waals surface area contributed by atoms with Gasteiger partial charge in [0.05, 0.1) is 4.92 Å². The summed E-state index contributed by atoms with van der Waals surface area (Å²) in [6.45, 7) is 5.06. The lowest BCUT2D eigenvalue weighted by atomic mass is 10.0. The Morgan fingerprint density at radius 1 is 1.45 bits per heavy atom. The maximum absolute atomic E-state index is 11.0. The predicted molar refractivity (Wildman–Crippen MR) is 79.2 cm³/mol. The number of benzene rings is 1. The van der Waals surface area contributed by atoms with Crippen LogP contribution in [0.4, 0.5) is 11.4 Å². The fourth-order valence-electron chi connectivity index (χ4n) is 2.76. The van der Waals surface area contributed by atoms with Gasteiger partial charge in [0.2, 0.25) is 0 Å². The third-order valence-electron chi connectivity index (χ3n) is 3.97. The van der Waals surface area contributed by atoms with Crippen LogP contribution in [-0.4, -0.2) is 22.9 Å². The molecule has 0 radical (unpaired) electrons. The van der Waals surface area contributed by atoms with E-state index in [4.69, 9.17) is 5.84 Å². The van der Waals surface area contributed by atoms with Crippen molar-refractivity contribution in [2.24, 2.45) is 11.8 Å². The van der Waals surface area contributed by atoms with Crippen molar-refractivity contribution >= 4 is 11.4 Å². The van der Waals surface area contributed by atoms with Gasteiger partial charge in [-0.2, -0.15) is 0 Å². The highest BCUT2D eigenvalue weighted by atomic mass is 16.6. The first kappa shape index (κ1) is 14.7. The quantitative estimate of drug-likeness (QED) is 0.502. The molecule has 2 rings (SSSR count). The minimum absolute atomic E-state index is 0.0354. The number of nitrogens with one attached hydrogen (secondary N) is 1.